The summed E-state index contributed by atoms with van der Waals surface area (Å²) in [6.45, 7) is 4.53. The number of para-hydroxylation sites is 1. The molecule has 0 bridgehead atoms. The number of nitro groups is 1. The van der Waals surface area contributed by atoms with Crippen LogP contribution in [0.15, 0.2) is 54.6 Å². The van der Waals surface area contributed by atoms with Gasteiger partial charge in [0, 0.05) is 24.7 Å². The van der Waals surface area contributed by atoms with Gasteiger partial charge in [-0.25, -0.2) is 0 Å². The molecule has 0 heterocycles. The second-order valence-corrected chi connectivity index (χ2v) is 6.85. The highest BCUT2D eigenvalue weighted by atomic mass is 16.6. The number of nitro benzene ring substituents is 1. The zero-order valence-electron chi connectivity index (χ0n) is 16.8. The summed E-state index contributed by atoms with van der Waals surface area (Å²) in [7, 11) is 0. The van der Waals surface area contributed by atoms with E-state index < -0.39 is 11.0 Å². The molecule has 2 rings (SSSR count). The minimum absolute atomic E-state index is 0.0908. The summed E-state index contributed by atoms with van der Waals surface area (Å²) in [5.74, 6) is -0.537. The number of carbonyl (C=O) groups is 2. The van der Waals surface area contributed by atoms with Crippen LogP contribution in [0.1, 0.15) is 31.4 Å². The molecule has 1 N–H and O–H groups in total. The van der Waals surface area contributed by atoms with Gasteiger partial charge in [0.15, 0.2) is 0 Å². The summed E-state index contributed by atoms with van der Waals surface area (Å²) in [6, 6.07) is 15.2. The fourth-order valence-corrected chi connectivity index (χ4v) is 3.07. The molecule has 0 aromatic heterocycles. The van der Waals surface area contributed by atoms with Gasteiger partial charge in [-0.3, -0.25) is 19.7 Å². The molecule has 7 nitrogen and oxygen atoms in total. The van der Waals surface area contributed by atoms with E-state index >= 15 is 0 Å². The van der Waals surface area contributed by atoms with E-state index in [2.05, 4.69) is 5.32 Å². The van der Waals surface area contributed by atoms with E-state index in [0.717, 1.165) is 12.0 Å². The molecule has 0 saturated heterocycles. The normalized spacial score (nSPS) is 11.5. The van der Waals surface area contributed by atoms with Crippen molar-refractivity contribution in [3.8, 4) is 0 Å². The Morgan fingerprint density at radius 1 is 1.10 bits per heavy atom. The first-order valence-corrected chi connectivity index (χ1v) is 9.77. The van der Waals surface area contributed by atoms with Gasteiger partial charge < -0.3 is 10.2 Å². The Hall–Kier alpha value is -3.22. The van der Waals surface area contributed by atoms with E-state index in [4.69, 9.17) is 0 Å². The lowest BCUT2D eigenvalue weighted by molar-refractivity contribution is -0.385. The molecular weight excluding hydrogens is 370 g/mol. The SMILES string of the molecule is CCCNC(=O)[C@@H](C)N(CCc1ccccc1)C(=O)Cc1ccccc1[N+](=O)[O-]. The molecule has 2 aromatic rings. The Bertz CT molecular complexity index is 839. The lowest BCUT2D eigenvalue weighted by Crippen LogP contribution is -2.49. The zero-order valence-corrected chi connectivity index (χ0v) is 16.8. The van der Waals surface area contributed by atoms with E-state index in [9.17, 15) is 19.7 Å². The molecular formula is C22H27N3O4. The summed E-state index contributed by atoms with van der Waals surface area (Å²) < 4.78 is 0. The van der Waals surface area contributed by atoms with E-state index in [1.165, 1.54) is 11.0 Å². The van der Waals surface area contributed by atoms with Crippen molar-refractivity contribution in [2.75, 3.05) is 13.1 Å². The topological polar surface area (TPSA) is 92.6 Å². The van der Waals surface area contributed by atoms with Crippen molar-refractivity contribution in [2.45, 2.75) is 39.2 Å². The van der Waals surface area contributed by atoms with Crippen molar-refractivity contribution in [1.82, 2.24) is 10.2 Å². The van der Waals surface area contributed by atoms with Crippen molar-refractivity contribution in [3.63, 3.8) is 0 Å². The number of amides is 2. The fourth-order valence-electron chi connectivity index (χ4n) is 3.07. The second kappa shape index (κ2) is 10.9. The molecule has 0 aliphatic rings. The van der Waals surface area contributed by atoms with E-state index in [-0.39, 0.29) is 23.9 Å². The van der Waals surface area contributed by atoms with Crippen LogP contribution in [0.4, 0.5) is 5.69 Å². The van der Waals surface area contributed by atoms with Gasteiger partial charge in [0.25, 0.3) is 5.69 Å². The molecule has 29 heavy (non-hydrogen) atoms. The first-order valence-electron chi connectivity index (χ1n) is 9.77. The fraction of sp³-hybridized carbons (Fsp3) is 0.364. The zero-order chi connectivity index (χ0) is 21.2. The number of carbonyl (C=O) groups excluding carboxylic acids is 2. The minimum Gasteiger partial charge on any atom is -0.354 e. The molecule has 0 aliphatic heterocycles. The predicted octanol–water partition coefficient (Wildman–Crippen LogP) is 3.12. The second-order valence-electron chi connectivity index (χ2n) is 6.85. The third-order valence-corrected chi connectivity index (χ3v) is 4.73. The monoisotopic (exact) mass is 397 g/mol. The molecule has 1 atom stereocenters. The van der Waals surface area contributed by atoms with Crippen molar-refractivity contribution >= 4 is 17.5 Å². The Kier molecular flexibility index (Phi) is 8.33. The van der Waals surface area contributed by atoms with Crippen LogP contribution in [0.5, 0.6) is 0 Å². The third kappa shape index (κ3) is 6.41. The van der Waals surface area contributed by atoms with Gasteiger partial charge in [-0.15, -0.1) is 0 Å². The molecule has 0 aliphatic carbocycles. The molecule has 0 fully saturated rings. The first-order chi connectivity index (χ1) is 13.9. The summed E-state index contributed by atoms with van der Waals surface area (Å²) in [5.41, 5.74) is 1.30. The molecule has 154 valence electrons. The number of benzene rings is 2. The predicted molar refractivity (Wildman–Crippen MR) is 111 cm³/mol. The molecule has 0 saturated carbocycles. The Morgan fingerprint density at radius 2 is 1.76 bits per heavy atom. The van der Waals surface area contributed by atoms with Gasteiger partial charge in [0.05, 0.1) is 11.3 Å². The summed E-state index contributed by atoms with van der Waals surface area (Å²) in [4.78, 5) is 37.8. The van der Waals surface area contributed by atoms with Crippen LogP contribution >= 0.6 is 0 Å². The molecule has 0 spiro atoms. The summed E-state index contributed by atoms with van der Waals surface area (Å²) >= 11 is 0. The number of rotatable bonds is 10. The minimum atomic E-state index is -0.666. The lowest BCUT2D eigenvalue weighted by atomic mass is 10.1. The van der Waals surface area contributed by atoms with Gasteiger partial charge >= 0.3 is 0 Å². The molecule has 0 radical (unpaired) electrons. The van der Waals surface area contributed by atoms with Gasteiger partial charge in [-0.2, -0.15) is 0 Å². The van der Waals surface area contributed by atoms with Crippen LogP contribution in [0, 0.1) is 10.1 Å². The molecule has 7 heteroatoms. The maximum atomic E-state index is 13.1. The van der Waals surface area contributed by atoms with E-state index in [1.807, 2.05) is 37.3 Å². The maximum Gasteiger partial charge on any atom is 0.273 e. The van der Waals surface area contributed by atoms with Crippen molar-refractivity contribution < 1.29 is 14.5 Å². The third-order valence-electron chi connectivity index (χ3n) is 4.73. The average Bonchev–Trinajstić information content (AvgIpc) is 2.73. The highest BCUT2D eigenvalue weighted by Gasteiger charge is 2.27. The number of hydrogen-bond acceptors (Lipinski definition) is 4. The molecule has 0 unspecified atom stereocenters. The first kappa shape index (κ1) is 22.1. The highest BCUT2D eigenvalue weighted by Crippen LogP contribution is 2.19. The summed E-state index contributed by atoms with van der Waals surface area (Å²) in [5, 5.41) is 14.1. The van der Waals surface area contributed by atoms with Crippen molar-refractivity contribution in [2.24, 2.45) is 0 Å². The average molecular weight is 397 g/mol. The molecule has 2 amide bonds. The smallest absolute Gasteiger partial charge is 0.273 e. The number of hydrogen-bond donors (Lipinski definition) is 1. The van der Waals surface area contributed by atoms with Crippen molar-refractivity contribution in [1.29, 1.82) is 0 Å². The van der Waals surface area contributed by atoms with Gasteiger partial charge in [-0.05, 0) is 25.3 Å². The highest BCUT2D eigenvalue weighted by molar-refractivity contribution is 5.88. The lowest BCUT2D eigenvalue weighted by Gasteiger charge is -2.29. The quantitative estimate of drug-likeness (QED) is 0.492. The van der Waals surface area contributed by atoms with Crippen LogP contribution in [0.3, 0.4) is 0 Å². The largest absolute Gasteiger partial charge is 0.354 e. The summed E-state index contributed by atoms with van der Waals surface area (Å²) in [6.07, 6.45) is 1.26. The van der Waals surface area contributed by atoms with Gasteiger partial charge in [0.1, 0.15) is 6.04 Å². The van der Waals surface area contributed by atoms with Crippen LogP contribution < -0.4 is 5.32 Å². The van der Waals surface area contributed by atoms with Gasteiger partial charge in [-0.1, -0.05) is 55.5 Å². The van der Waals surface area contributed by atoms with E-state index in [0.29, 0.717) is 25.1 Å². The Balaban J connectivity index is 2.19. The van der Waals surface area contributed by atoms with Crippen LogP contribution in [-0.2, 0) is 22.4 Å². The van der Waals surface area contributed by atoms with Crippen LogP contribution in [0.25, 0.3) is 0 Å². The van der Waals surface area contributed by atoms with Crippen LogP contribution in [-0.4, -0.2) is 40.8 Å². The maximum absolute atomic E-state index is 13.1. The van der Waals surface area contributed by atoms with E-state index in [1.54, 1.807) is 25.1 Å². The Morgan fingerprint density at radius 3 is 2.41 bits per heavy atom. The van der Waals surface area contributed by atoms with Crippen LogP contribution in [0.2, 0.25) is 0 Å². The van der Waals surface area contributed by atoms with Crippen molar-refractivity contribution in [3.05, 3.63) is 75.8 Å². The number of nitrogens with zero attached hydrogens (tertiary/aromatic N) is 2. The van der Waals surface area contributed by atoms with Gasteiger partial charge in [0.2, 0.25) is 11.8 Å². The molecule has 2 aromatic carbocycles. The standard InChI is InChI=1S/C22H27N3O4/c1-3-14-23-22(27)17(2)24(15-13-18-9-5-4-6-10-18)21(26)16-19-11-7-8-12-20(19)25(28)29/h4-12,17H,3,13-16H2,1-2H3,(H,23,27)/t17-/m1/s1. The number of nitrogens with one attached hydrogen (secondary N) is 1. The Labute approximate surface area is 170 Å².